The van der Waals surface area contributed by atoms with Gasteiger partial charge in [-0.05, 0) is 41.3 Å². The molecule has 0 aliphatic heterocycles. The number of fused-ring (bicyclic) bond motifs is 1. The van der Waals surface area contributed by atoms with Crippen molar-refractivity contribution >= 4 is 33.5 Å². The normalized spacial score (nSPS) is 16.2. The highest BCUT2D eigenvalue weighted by atomic mass is 79.9. The van der Waals surface area contributed by atoms with Gasteiger partial charge in [-0.3, -0.25) is 9.78 Å². The van der Waals surface area contributed by atoms with Gasteiger partial charge in [-0.1, -0.05) is 58.4 Å². The van der Waals surface area contributed by atoms with E-state index in [4.69, 9.17) is 5.73 Å². The summed E-state index contributed by atoms with van der Waals surface area (Å²) in [6.45, 7) is 0. The summed E-state index contributed by atoms with van der Waals surface area (Å²) in [6, 6.07) is 18.2. The van der Waals surface area contributed by atoms with Crippen LogP contribution in [0.3, 0.4) is 0 Å². The van der Waals surface area contributed by atoms with Crippen LogP contribution in [0.4, 0.5) is 5.95 Å². The van der Waals surface area contributed by atoms with Crippen LogP contribution in [-0.2, 0) is 0 Å². The number of nitrogens with two attached hydrogens (primary N) is 1. The van der Waals surface area contributed by atoms with Crippen molar-refractivity contribution in [1.29, 1.82) is 0 Å². The van der Waals surface area contributed by atoms with Crippen LogP contribution in [-0.4, -0.2) is 9.97 Å². The van der Waals surface area contributed by atoms with Crippen molar-refractivity contribution in [3.05, 3.63) is 91.8 Å². The van der Waals surface area contributed by atoms with Crippen molar-refractivity contribution in [2.24, 2.45) is 0 Å². The SMILES string of the molecule is Nc1nc2c(c(=O)[nH]1)C(c1ccc(Br)cc1)CC(c1ccccc1)=C2. The molecule has 1 atom stereocenters. The predicted octanol–water partition coefficient (Wildman–Crippen LogP) is 4.19. The van der Waals surface area contributed by atoms with Crippen LogP contribution in [0.2, 0.25) is 0 Å². The molecule has 3 N–H and O–H groups in total. The van der Waals surface area contributed by atoms with Crippen molar-refractivity contribution in [3.8, 4) is 0 Å². The Bertz CT molecular complexity index is 1010. The fourth-order valence-electron chi connectivity index (χ4n) is 3.34. The molecule has 4 rings (SSSR count). The average Bonchev–Trinajstić information content (AvgIpc) is 2.62. The lowest BCUT2D eigenvalue weighted by molar-refractivity contribution is 0.800. The molecule has 0 radical (unpaired) electrons. The number of aromatic amines is 1. The van der Waals surface area contributed by atoms with Crippen molar-refractivity contribution in [1.82, 2.24) is 9.97 Å². The Balaban J connectivity index is 1.91. The Morgan fingerprint density at radius 1 is 1.08 bits per heavy atom. The Kier molecular flexibility index (Phi) is 4.01. The van der Waals surface area contributed by atoms with E-state index in [0.29, 0.717) is 11.3 Å². The molecule has 1 unspecified atom stereocenters. The smallest absolute Gasteiger partial charge is 0.256 e. The second kappa shape index (κ2) is 6.33. The summed E-state index contributed by atoms with van der Waals surface area (Å²) in [7, 11) is 0. The van der Waals surface area contributed by atoms with E-state index in [-0.39, 0.29) is 17.4 Å². The van der Waals surface area contributed by atoms with Crippen LogP contribution in [0, 0.1) is 0 Å². The van der Waals surface area contributed by atoms with Crippen LogP contribution in [0.15, 0.2) is 63.9 Å². The standard InChI is InChI=1S/C20H16BrN3O/c21-15-8-6-13(7-9-15)16-10-14(12-4-2-1-3-5-12)11-17-18(16)19(25)24-20(22)23-17/h1-9,11,16H,10H2,(H3,22,23,24,25). The first-order chi connectivity index (χ1) is 12.1. The number of nitrogens with one attached hydrogen (secondary N) is 1. The molecule has 0 saturated carbocycles. The minimum Gasteiger partial charge on any atom is -0.369 e. The Labute approximate surface area is 153 Å². The minimum absolute atomic E-state index is 0.0554. The molecule has 124 valence electrons. The fourth-order valence-corrected chi connectivity index (χ4v) is 3.61. The van der Waals surface area contributed by atoms with E-state index >= 15 is 0 Å². The number of hydrogen-bond acceptors (Lipinski definition) is 3. The van der Waals surface area contributed by atoms with Crippen LogP contribution >= 0.6 is 15.9 Å². The molecule has 1 aliphatic carbocycles. The van der Waals surface area contributed by atoms with Gasteiger partial charge in [-0.2, -0.15) is 0 Å². The molecule has 2 aromatic carbocycles. The Morgan fingerprint density at radius 2 is 1.80 bits per heavy atom. The number of anilines is 1. The highest BCUT2D eigenvalue weighted by Crippen LogP contribution is 2.39. The van der Waals surface area contributed by atoms with E-state index < -0.39 is 0 Å². The maximum Gasteiger partial charge on any atom is 0.256 e. The number of halogens is 1. The van der Waals surface area contributed by atoms with Gasteiger partial charge in [0.15, 0.2) is 0 Å². The average molecular weight is 394 g/mol. The van der Waals surface area contributed by atoms with Gasteiger partial charge in [-0.15, -0.1) is 0 Å². The molecule has 4 nitrogen and oxygen atoms in total. The quantitative estimate of drug-likeness (QED) is 0.685. The molecule has 1 heterocycles. The minimum atomic E-state index is -0.168. The molecular formula is C20H16BrN3O. The van der Waals surface area contributed by atoms with Crippen molar-refractivity contribution < 1.29 is 0 Å². The number of benzene rings is 2. The van der Waals surface area contributed by atoms with E-state index in [9.17, 15) is 4.79 Å². The molecule has 0 spiro atoms. The molecule has 0 saturated heterocycles. The highest BCUT2D eigenvalue weighted by molar-refractivity contribution is 9.10. The molecule has 25 heavy (non-hydrogen) atoms. The van der Waals surface area contributed by atoms with Gasteiger partial charge in [0.25, 0.3) is 5.56 Å². The number of aromatic nitrogens is 2. The summed E-state index contributed by atoms with van der Waals surface area (Å²) in [5.41, 5.74) is 10.3. The van der Waals surface area contributed by atoms with E-state index in [2.05, 4.69) is 38.0 Å². The molecular weight excluding hydrogens is 378 g/mol. The predicted molar refractivity (Wildman–Crippen MR) is 104 cm³/mol. The zero-order chi connectivity index (χ0) is 17.4. The zero-order valence-electron chi connectivity index (χ0n) is 13.4. The van der Waals surface area contributed by atoms with E-state index in [1.807, 2.05) is 48.5 Å². The lowest BCUT2D eigenvalue weighted by atomic mass is 9.79. The van der Waals surface area contributed by atoms with Gasteiger partial charge < -0.3 is 5.73 Å². The van der Waals surface area contributed by atoms with Gasteiger partial charge in [0.2, 0.25) is 5.95 Å². The van der Waals surface area contributed by atoms with Gasteiger partial charge >= 0.3 is 0 Å². The largest absolute Gasteiger partial charge is 0.369 e. The van der Waals surface area contributed by atoms with Crippen molar-refractivity contribution in [2.45, 2.75) is 12.3 Å². The third kappa shape index (κ3) is 3.03. The molecule has 1 aromatic heterocycles. The molecule has 5 heteroatoms. The summed E-state index contributed by atoms with van der Waals surface area (Å²) in [6.07, 6.45) is 2.72. The maximum absolute atomic E-state index is 12.6. The van der Waals surface area contributed by atoms with Gasteiger partial charge in [0.05, 0.1) is 11.3 Å². The summed E-state index contributed by atoms with van der Waals surface area (Å²) in [5, 5.41) is 0. The molecule has 0 bridgehead atoms. The Hall–Kier alpha value is -2.66. The number of allylic oxidation sites excluding steroid dienone is 1. The number of rotatable bonds is 2. The summed E-state index contributed by atoms with van der Waals surface area (Å²) < 4.78 is 1.01. The first-order valence-electron chi connectivity index (χ1n) is 8.03. The van der Waals surface area contributed by atoms with Gasteiger partial charge in [0, 0.05) is 10.4 Å². The molecule has 1 aliphatic rings. The topological polar surface area (TPSA) is 71.8 Å². The second-order valence-corrected chi connectivity index (χ2v) is 7.01. The molecule has 0 fully saturated rings. The third-order valence-corrected chi connectivity index (χ3v) is 5.03. The zero-order valence-corrected chi connectivity index (χ0v) is 15.0. The van der Waals surface area contributed by atoms with E-state index in [1.165, 1.54) is 0 Å². The number of H-pyrrole nitrogens is 1. The first-order valence-corrected chi connectivity index (χ1v) is 8.82. The summed E-state index contributed by atoms with van der Waals surface area (Å²) >= 11 is 3.47. The first kappa shape index (κ1) is 15.8. The number of hydrogen-bond donors (Lipinski definition) is 2. The van der Waals surface area contributed by atoms with Crippen LogP contribution in [0.5, 0.6) is 0 Å². The Morgan fingerprint density at radius 3 is 2.52 bits per heavy atom. The number of nitrogen functional groups attached to an aromatic ring is 1. The summed E-state index contributed by atoms with van der Waals surface area (Å²) in [5.74, 6) is 0.0871. The van der Waals surface area contributed by atoms with Gasteiger partial charge in [-0.25, -0.2) is 4.98 Å². The van der Waals surface area contributed by atoms with E-state index in [0.717, 1.165) is 27.6 Å². The van der Waals surface area contributed by atoms with Crippen LogP contribution < -0.4 is 11.3 Å². The molecule has 3 aromatic rings. The lowest BCUT2D eigenvalue weighted by Crippen LogP contribution is -2.24. The molecule has 0 amide bonds. The number of nitrogens with zero attached hydrogens (tertiary/aromatic N) is 1. The lowest BCUT2D eigenvalue weighted by Gasteiger charge is -2.25. The highest BCUT2D eigenvalue weighted by Gasteiger charge is 2.27. The van der Waals surface area contributed by atoms with Crippen molar-refractivity contribution in [2.75, 3.05) is 5.73 Å². The van der Waals surface area contributed by atoms with Crippen LogP contribution in [0.25, 0.3) is 11.6 Å². The maximum atomic E-state index is 12.6. The third-order valence-electron chi connectivity index (χ3n) is 4.50. The monoisotopic (exact) mass is 393 g/mol. The van der Waals surface area contributed by atoms with Gasteiger partial charge in [0.1, 0.15) is 0 Å². The van der Waals surface area contributed by atoms with Crippen molar-refractivity contribution in [3.63, 3.8) is 0 Å². The summed E-state index contributed by atoms with van der Waals surface area (Å²) in [4.78, 5) is 19.6. The van der Waals surface area contributed by atoms with E-state index in [1.54, 1.807) is 0 Å². The van der Waals surface area contributed by atoms with Crippen LogP contribution in [0.1, 0.15) is 34.7 Å². The second-order valence-electron chi connectivity index (χ2n) is 6.09. The fraction of sp³-hybridized carbons (Fsp3) is 0.100.